The lowest BCUT2D eigenvalue weighted by Gasteiger charge is -2.47. The van der Waals surface area contributed by atoms with Crippen molar-refractivity contribution >= 4 is 11.6 Å². The van der Waals surface area contributed by atoms with Crippen LogP contribution in [0.15, 0.2) is 67.3 Å². The molecule has 4 heteroatoms. The molecule has 2 aromatic carbocycles. The van der Waals surface area contributed by atoms with Crippen molar-refractivity contribution in [1.29, 1.82) is 0 Å². The van der Waals surface area contributed by atoms with Gasteiger partial charge in [0, 0.05) is 10.6 Å². The van der Waals surface area contributed by atoms with Crippen LogP contribution in [-0.2, 0) is 5.54 Å². The summed E-state index contributed by atoms with van der Waals surface area (Å²) < 4.78 is 2.06. The summed E-state index contributed by atoms with van der Waals surface area (Å²) in [5, 5.41) is 8.84. The molecule has 0 bridgehead atoms. The summed E-state index contributed by atoms with van der Waals surface area (Å²) >= 11 is 6.63. The predicted molar refractivity (Wildman–Crippen MR) is 93.5 cm³/mol. The number of rotatable bonds is 3. The smallest absolute Gasteiger partial charge is 0.120 e. The number of halogens is 1. The first-order valence-electron chi connectivity index (χ1n) is 7.63. The molecule has 3 aromatic rings. The highest BCUT2D eigenvalue weighted by Crippen LogP contribution is 2.49. The summed E-state index contributed by atoms with van der Waals surface area (Å²) in [6.07, 6.45) is 3.53. The van der Waals surface area contributed by atoms with E-state index in [1.807, 2.05) is 24.3 Å². The SMILES string of the molecule is CC(C)(C)C(c1ccccc1)(c1ccccc1Cl)n1cnnc1. The zero-order valence-electron chi connectivity index (χ0n) is 13.6. The van der Waals surface area contributed by atoms with E-state index in [-0.39, 0.29) is 5.41 Å². The lowest BCUT2D eigenvalue weighted by molar-refractivity contribution is 0.188. The molecule has 0 saturated carbocycles. The normalized spacial score (nSPS) is 14.4. The predicted octanol–water partition coefficient (Wildman–Crippen LogP) is 4.77. The molecule has 0 saturated heterocycles. The second-order valence-corrected chi connectivity index (χ2v) is 7.08. The molecule has 0 N–H and O–H groups in total. The largest absolute Gasteiger partial charge is 0.305 e. The van der Waals surface area contributed by atoms with Crippen LogP contribution in [0.4, 0.5) is 0 Å². The Bertz CT molecular complexity index is 776. The number of aromatic nitrogens is 3. The van der Waals surface area contributed by atoms with Crippen LogP contribution in [0, 0.1) is 5.41 Å². The van der Waals surface area contributed by atoms with Crippen molar-refractivity contribution in [3.8, 4) is 0 Å². The Morgan fingerprint density at radius 3 is 1.96 bits per heavy atom. The first-order valence-corrected chi connectivity index (χ1v) is 8.01. The standard InChI is InChI=1S/C19H20ClN3/c1-18(2,3)19(23-13-21-22-14-23,15-9-5-4-6-10-15)16-11-7-8-12-17(16)20/h4-14H,1-3H3. The van der Waals surface area contributed by atoms with Gasteiger partial charge in [-0.3, -0.25) is 0 Å². The maximum Gasteiger partial charge on any atom is 0.120 e. The summed E-state index contributed by atoms with van der Waals surface area (Å²) in [5.41, 5.74) is 1.53. The summed E-state index contributed by atoms with van der Waals surface area (Å²) in [6, 6.07) is 18.4. The van der Waals surface area contributed by atoms with Crippen molar-refractivity contribution in [1.82, 2.24) is 14.8 Å². The third kappa shape index (κ3) is 2.45. The fraction of sp³-hybridized carbons (Fsp3) is 0.263. The lowest BCUT2D eigenvalue weighted by Crippen LogP contribution is -2.47. The molecule has 0 spiro atoms. The second kappa shape index (κ2) is 5.82. The van der Waals surface area contributed by atoms with Gasteiger partial charge in [-0.25, -0.2) is 0 Å². The Balaban J connectivity index is 2.44. The highest BCUT2D eigenvalue weighted by molar-refractivity contribution is 6.31. The van der Waals surface area contributed by atoms with E-state index in [4.69, 9.17) is 11.6 Å². The number of nitrogens with zero attached hydrogens (tertiary/aromatic N) is 3. The van der Waals surface area contributed by atoms with Crippen LogP contribution in [-0.4, -0.2) is 14.8 Å². The zero-order chi connectivity index (χ0) is 16.5. The Morgan fingerprint density at radius 2 is 1.39 bits per heavy atom. The average molecular weight is 326 g/mol. The van der Waals surface area contributed by atoms with Crippen molar-refractivity contribution in [3.05, 3.63) is 83.4 Å². The molecule has 118 valence electrons. The highest BCUT2D eigenvalue weighted by atomic mass is 35.5. The van der Waals surface area contributed by atoms with Gasteiger partial charge in [-0.2, -0.15) is 0 Å². The van der Waals surface area contributed by atoms with Crippen molar-refractivity contribution in [3.63, 3.8) is 0 Å². The number of benzene rings is 2. The summed E-state index contributed by atoms with van der Waals surface area (Å²) in [4.78, 5) is 0. The molecule has 3 rings (SSSR count). The highest BCUT2D eigenvalue weighted by Gasteiger charge is 2.47. The topological polar surface area (TPSA) is 30.7 Å². The van der Waals surface area contributed by atoms with Crippen LogP contribution >= 0.6 is 11.6 Å². The molecule has 23 heavy (non-hydrogen) atoms. The van der Waals surface area contributed by atoms with Gasteiger partial charge in [0.25, 0.3) is 0 Å². The van der Waals surface area contributed by atoms with E-state index in [1.54, 1.807) is 12.7 Å². The molecule has 3 nitrogen and oxygen atoms in total. The maximum atomic E-state index is 6.63. The van der Waals surface area contributed by atoms with Gasteiger partial charge in [0.1, 0.15) is 18.2 Å². The van der Waals surface area contributed by atoms with Gasteiger partial charge in [-0.15, -0.1) is 10.2 Å². The third-order valence-corrected chi connectivity index (χ3v) is 4.68. The van der Waals surface area contributed by atoms with Gasteiger partial charge in [0.15, 0.2) is 0 Å². The Kier molecular flexibility index (Phi) is 3.99. The summed E-state index contributed by atoms with van der Waals surface area (Å²) in [6.45, 7) is 6.63. The van der Waals surface area contributed by atoms with Crippen molar-refractivity contribution < 1.29 is 0 Å². The van der Waals surface area contributed by atoms with Crippen LogP contribution in [0.3, 0.4) is 0 Å². The van der Waals surface area contributed by atoms with Crippen molar-refractivity contribution in [2.45, 2.75) is 26.3 Å². The summed E-state index contributed by atoms with van der Waals surface area (Å²) in [5.74, 6) is 0. The first-order chi connectivity index (χ1) is 11.0. The molecule has 0 aliphatic rings. The van der Waals surface area contributed by atoms with Gasteiger partial charge in [-0.05, 0) is 17.0 Å². The molecule has 1 atom stereocenters. The van der Waals surface area contributed by atoms with E-state index < -0.39 is 5.54 Å². The van der Waals surface area contributed by atoms with E-state index in [0.717, 1.165) is 16.1 Å². The molecular formula is C19H20ClN3. The van der Waals surface area contributed by atoms with E-state index in [1.165, 1.54) is 0 Å². The van der Waals surface area contributed by atoms with Crippen molar-refractivity contribution in [2.24, 2.45) is 5.41 Å². The molecule has 1 aromatic heterocycles. The number of hydrogen-bond acceptors (Lipinski definition) is 2. The molecule has 0 fully saturated rings. The van der Waals surface area contributed by atoms with Crippen molar-refractivity contribution in [2.75, 3.05) is 0 Å². The molecule has 1 heterocycles. The molecule has 0 aliphatic heterocycles. The van der Waals surface area contributed by atoms with Crippen LogP contribution in [0.1, 0.15) is 31.9 Å². The molecule has 0 radical (unpaired) electrons. The Morgan fingerprint density at radius 1 is 0.826 bits per heavy atom. The van der Waals surface area contributed by atoms with Gasteiger partial charge < -0.3 is 4.57 Å². The van der Waals surface area contributed by atoms with Gasteiger partial charge >= 0.3 is 0 Å². The van der Waals surface area contributed by atoms with E-state index in [9.17, 15) is 0 Å². The first kappa shape index (κ1) is 15.8. The van der Waals surface area contributed by atoms with E-state index in [2.05, 4.69) is 65.9 Å². The minimum absolute atomic E-state index is 0.165. The quantitative estimate of drug-likeness (QED) is 0.694. The van der Waals surface area contributed by atoms with Gasteiger partial charge in [-0.1, -0.05) is 80.9 Å². The fourth-order valence-electron chi connectivity index (χ4n) is 3.48. The Labute approximate surface area is 142 Å². The minimum Gasteiger partial charge on any atom is -0.305 e. The lowest BCUT2D eigenvalue weighted by atomic mass is 9.65. The second-order valence-electron chi connectivity index (χ2n) is 6.68. The average Bonchev–Trinajstić information content (AvgIpc) is 3.04. The summed E-state index contributed by atoms with van der Waals surface area (Å²) in [7, 11) is 0. The number of hydrogen-bond donors (Lipinski definition) is 0. The zero-order valence-corrected chi connectivity index (χ0v) is 14.3. The molecule has 0 amide bonds. The molecule has 0 aliphatic carbocycles. The van der Waals surface area contributed by atoms with E-state index >= 15 is 0 Å². The van der Waals surface area contributed by atoms with E-state index in [0.29, 0.717) is 0 Å². The van der Waals surface area contributed by atoms with Crippen LogP contribution in [0.25, 0.3) is 0 Å². The Hall–Kier alpha value is -2.13. The van der Waals surface area contributed by atoms with Crippen LogP contribution in [0.5, 0.6) is 0 Å². The van der Waals surface area contributed by atoms with Gasteiger partial charge in [0.2, 0.25) is 0 Å². The maximum absolute atomic E-state index is 6.63. The van der Waals surface area contributed by atoms with Crippen LogP contribution < -0.4 is 0 Å². The fourth-order valence-corrected chi connectivity index (χ4v) is 3.75. The monoisotopic (exact) mass is 325 g/mol. The molecular weight excluding hydrogens is 306 g/mol. The minimum atomic E-state index is -0.504. The third-order valence-electron chi connectivity index (χ3n) is 4.35. The molecule has 1 unspecified atom stereocenters. The van der Waals surface area contributed by atoms with Gasteiger partial charge in [0.05, 0.1) is 0 Å². The van der Waals surface area contributed by atoms with Crippen LogP contribution in [0.2, 0.25) is 5.02 Å².